The van der Waals surface area contributed by atoms with Crippen molar-refractivity contribution in [2.24, 2.45) is 5.73 Å². The standard InChI is InChI=1S/C24H27N5O2/c1-3-6-17(7-5-12-25)24-21(14-26)20-11-10-19(30-15-23-27-16(2)28-31-23)13-22(20)29(24)18-8-4-9-18/h3,6-7,10-11,13,18H,4-5,8-9,12,15,25H2,1-2H3/b6-3-,17-7+. The lowest BCUT2D eigenvalue weighted by atomic mass is 9.92. The van der Waals surface area contributed by atoms with Gasteiger partial charge in [-0.05, 0) is 63.8 Å². The molecular formula is C24H27N5O2. The molecule has 0 unspecified atom stereocenters. The van der Waals surface area contributed by atoms with Gasteiger partial charge in [0.05, 0.1) is 16.8 Å². The van der Waals surface area contributed by atoms with Gasteiger partial charge in [-0.2, -0.15) is 10.2 Å². The third kappa shape index (κ3) is 4.12. The van der Waals surface area contributed by atoms with Crippen molar-refractivity contribution < 1.29 is 9.26 Å². The first-order valence-corrected chi connectivity index (χ1v) is 10.7. The minimum Gasteiger partial charge on any atom is -0.484 e. The number of ether oxygens (including phenoxy) is 1. The summed E-state index contributed by atoms with van der Waals surface area (Å²) < 4.78 is 13.4. The lowest BCUT2D eigenvalue weighted by Gasteiger charge is -2.30. The van der Waals surface area contributed by atoms with Crippen LogP contribution in [-0.2, 0) is 6.61 Å². The first kappa shape index (κ1) is 20.9. The molecule has 7 heteroatoms. The molecule has 0 spiro atoms. The molecule has 1 aromatic carbocycles. The van der Waals surface area contributed by atoms with E-state index in [1.165, 1.54) is 6.42 Å². The molecule has 0 radical (unpaired) electrons. The molecule has 0 saturated heterocycles. The maximum Gasteiger partial charge on any atom is 0.264 e. The van der Waals surface area contributed by atoms with Gasteiger partial charge in [-0.15, -0.1) is 0 Å². The first-order chi connectivity index (χ1) is 15.2. The van der Waals surface area contributed by atoms with E-state index < -0.39 is 0 Å². The zero-order chi connectivity index (χ0) is 21.8. The number of benzene rings is 1. The Morgan fingerprint density at radius 1 is 1.42 bits per heavy atom. The highest BCUT2D eigenvalue weighted by Gasteiger charge is 2.28. The van der Waals surface area contributed by atoms with Crippen molar-refractivity contribution >= 4 is 16.5 Å². The highest BCUT2D eigenvalue weighted by atomic mass is 16.5. The van der Waals surface area contributed by atoms with Crippen LogP contribution in [0.2, 0.25) is 0 Å². The molecule has 1 aliphatic rings. The molecule has 2 heterocycles. The quantitative estimate of drug-likeness (QED) is 0.527. The molecule has 4 rings (SSSR count). The van der Waals surface area contributed by atoms with Gasteiger partial charge in [-0.1, -0.05) is 23.4 Å². The molecule has 3 aromatic rings. The molecule has 2 N–H and O–H groups in total. The normalized spacial score (nSPS) is 14.8. The molecular weight excluding hydrogens is 390 g/mol. The number of nitrogens with zero attached hydrogens (tertiary/aromatic N) is 4. The molecule has 1 fully saturated rings. The van der Waals surface area contributed by atoms with Crippen LogP contribution in [0, 0.1) is 18.3 Å². The van der Waals surface area contributed by atoms with Crippen molar-refractivity contribution in [3.63, 3.8) is 0 Å². The number of allylic oxidation sites excluding steroid dienone is 3. The van der Waals surface area contributed by atoms with Gasteiger partial charge in [-0.25, -0.2) is 0 Å². The molecule has 0 atom stereocenters. The highest BCUT2D eigenvalue weighted by molar-refractivity contribution is 5.95. The Morgan fingerprint density at radius 2 is 2.26 bits per heavy atom. The second-order valence-electron chi connectivity index (χ2n) is 7.73. The zero-order valence-electron chi connectivity index (χ0n) is 18.0. The van der Waals surface area contributed by atoms with E-state index in [4.69, 9.17) is 15.0 Å². The van der Waals surface area contributed by atoms with Crippen LogP contribution in [0.4, 0.5) is 0 Å². The van der Waals surface area contributed by atoms with Gasteiger partial charge in [0, 0.05) is 17.5 Å². The number of aromatic nitrogens is 3. The van der Waals surface area contributed by atoms with Crippen molar-refractivity contribution in [1.29, 1.82) is 5.26 Å². The average molecular weight is 418 g/mol. The first-order valence-electron chi connectivity index (χ1n) is 10.7. The fraction of sp³-hybridized carbons (Fsp3) is 0.375. The topological polar surface area (TPSA) is 103 Å². The van der Waals surface area contributed by atoms with Gasteiger partial charge < -0.3 is 19.6 Å². The number of nitrogens with two attached hydrogens (primary N) is 1. The predicted octanol–water partition coefficient (Wildman–Crippen LogP) is 4.82. The summed E-state index contributed by atoms with van der Waals surface area (Å²) in [4.78, 5) is 4.18. The number of hydrogen-bond donors (Lipinski definition) is 1. The molecule has 0 bridgehead atoms. The van der Waals surface area contributed by atoms with Gasteiger partial charge in [0.2, 0.25) is 0 Å². The molecule has 2 aromatic heterocycles. The van der Waals surface area contributed by atoms with E-state index >= 15 is 0 Å². The lowest BCUT2D eigenvalue weighted by molar-refractivity contribution is 0.242. The molecule has 0 amide bonds. The fourth-order valence-corrected chi connectivity index (χ4v) is 4.01. The van der Waals surface area contributed by atoms with Crippen LogP contribution in [0.15, 0.2) is 41.0 Å². The minimum absolute atomic E-state index is 0.203. The van der Waals surface area contributed by atoms with Gasteiger partial charge >= 0.3 is 0 Å². The van der Waals surface area contributed by atoms with Crippen molar-refractivity contribution in [2.45, 2.75) is 52.2 Å². The maximum absolute atomic E-state index is 10.1. The SMILES string of the molecule is C/C=C\C(=C/CCN)c1c(C#N)c2ccc(OCc3nc(C)no3)cc2n1C1CCC1. The third-order valence-electron chi connectivity index (χ3n) is 5.61. The van der Waals surface area contributed by atoms with Crippen LogP contribution in [-0.4, -0.2) is 21.3 Å². The maximum atomic E-state index is 10.1. The Labute approximate surface area is 181 Å². The summed E-state index contributed by atoms with van der Waals surface area (Å²) in [5.41, 5.74) is 9.48. The summed E-state index contributed by atoms with van der Waals surface area (Å²) in [6.45, 7) is 4.54. The van der Waals surface area contributed by atoms with Gasteiger partial charge in [-0.3, -0.25) is 0 Å². The molecule has 31 heavy (non-hydrogen) atoms. The van der Waals surface area contributed by atoms with Crippen LogP contribution >= 0.6 is 0 Å². The second kappa shape index (κ2) is 9.19. The van der Waals surface area contributed by atoms with E-state index in [1.807, 2.05) is 31.2 Å². The second-order valence-corrected chi connectivity index (χ2v) is 7.73. The monoisotopic (exact) mass is 417 g/mol. The molecule has 1 saturated carbocycles. The minimum atomic E-state index is 0.203. The summed E-state index contributed by atoms with van der Waals surface area (Å²) in [5, 5.41) is 14.8. The van der Waals surface area contributed by atoms with Crippen molar-refractivity contribution in [3.8, 4) is 11.8 Å². The van der Waals surface area contributed by atoms with E-state index in [0.29, 0.717) is 35.6 Å². The van der Waals surface area contributed by atoms with Crippen molar-refractivity contribution in [2.75, 3.05) is 6.54 Å². The Morgan fingerprint density at radius 3 is 2.87 bits per heavy atom. The Kier molecular flexibility index (Phi) is 6.19. The molecule has 160 valence electrons. The molecule has 1 aliphatic carbocycles. The van der Waals surface area contributed by atoms with E-state index in [0.717, 1.165) is 41.4 Å². The largest absolute Gasteiger partial charge is 0.484 e. The van der Waals surface area contributed by atoms with Gasteiger partial charge in [0.25, 0.3) is 5.89 Å². The van der Waals surface area contributed by atoms with Crippen LogP contribution in [0.1, 0.15) is 61.6 Å². The molecule has 0 aliphatic heterocycles. The van der Waals surface area contributed by atoms with Crippen LogP contribution in [0.3, 0.4) is 0 Å². The summed E-state index contributed by atoms with van der Waals surface area (Å²) >= 11 is 0. The van der Waals surface area contributed by atoms with Gasteiger partial charge in [0.15, 0.2) is 12.4 Å². The summed E-state index contributed by atoms with van der Waals surface area (Å²) in [5.74, 6) is 1.72. The van der Waals surface area contributed by atoms with Crippen molar-refractivity contribution in [1.82, 2.24) is 14.7 Å². The van der Waals surface area contributed by atoms with Crippen molar-refractivity contribution in [3.05, 3.63) is 59.4 Å². The van der Waals surface area contributed by atoms with E-state index in [-0.39, 0.29) is 6.61 Å². The third-order valence-corrected chi connectivity index (χ3v) is 5.61. The molecule has 7 nitrogen and oxygen atoms in total. The Hall–Kier alpha value is -3.37. The highest BCUT2D eigenvalue weighted by Crippen LogP contribution is 2.42. The number of nitriles is 1. The van der Waals surface area contributed by atoms with Crippen LogP contribution < -0.4 is 10.5 Å². The van der Waals surface area contributed by atoms with Crippen LogP contribution in [0.5, 0.6) is 5.75 Å². The number of fused-ring (bicyclic) bond motifs is 1. The van der Waals surface area contributed by atoms with E-state index in [2.05, 4.69) is 32.9 Å². The predicted molar refractivity (Wildman–Crippen MR) is 119 cm³/mol. The summed E-state index contributed by atoms with van der Waals surface area (Å²) in [6.07, 6.45) is 10.4. The smallest absolute Gasteiger partial charge is 0.264 e. The fourth-order valence-electron chi connectivity index (χ4n) is 4.01. The number of hydrogen-bond acceptors (Lipinski definition) is 6. The lowest BCUT2D eigenvalue weighted by Crippen LogP contribution is -2.19. The van der Waals surface area contributed by atoms with E-state index in [1.54, 1.807) is 6.92 Å². The summed E-state index contributed by atoms with van der Waals surface area (Å²) in [7, 11) is 0. The average Bonchev–Trinajstić information content (AvgIpc) is 3.29. The van der Waals surface area contributed by atoms with E-state index in [9.17, 15) is 5.26 Å². The zero-order valence-corrected chi connectivity index (χ0v) is 18.0. The number of rotatable bonds is 8. The summed E-state index contributed by atoms with van der Waals surface area (Å²) in [6, 6.07) is 8.70. The number of aryl methyl sites for hydroxylation is 1. The van der Waals surface area contributed by atoms with Crippen LogP contribution in [0.25, 0.3) is 16.5 Å². The Bertz CT molecular complexity index is 1170. The van der Waals surface area contributed by atoms with Gasteiger partial charge in [0.1, 0.15) is 11.8 Å². The Balaban J connectivity index is 1.81.